The molecule has 22 heavy (non-hydrogen) atoms. The summed E-state index contributed by atoms with van der Waals surface area (Å²) in [4.78, 5) is 24.0. The molecule has 114 valence electrons. The minimum Gasteiger partial charge on any atom is -0.289 e. The van der Waals surface area contributed by atoms with E-state index >= 15 is 0 Å². The normalized spacial score (nSPS) is 16.4. The number of fused-ring (bicyclic) bond motifs is 1. The van der Waals surface area contributed by atoms with Gasteiger partial charge in [-0.3, -0.25) is 14.6 Å². The highest BCUT2D eigenvalue weighted by molar-refractivity contribution is 5.70. The van der Waals surface area contributed by atoms with Crippen LogP contribution in [0.3, 0.4) is 0 Å². The Kier molecular flexibility index (Phi) is 3.25. The maximum absolute atomic E-state index is 12.2. The van der Waals surface area contributed by atoms with Crippen molar-refractivity contribution >= 4 is 11.3 Å². The van der Waals surface area contributed by atoms with Gasteiger partial charge in [-0.25, -0.2) is 14.8 Å². The number of nitrogens with zero attached hydrogens (tertiary/aromatic N) is 4. The molecule has 0 unspecified atom stereocenters. The number of hydrogen-bond acceptors (Lipinski definition) is 4. The highest BCUT2D eigenvalue weighted by Gasteiger charge is 2.18. The third-order valence-corrected chi connectivity index (χ3v) is 4.44. The number of H-pyrrole nitrogens is 2. The third kappa shape index (κ3) is 2.32. The Labute approximate surface area is 126 Å². The average Bonchev–Trinajstić information content (AvgIpc) is 3.17. The van der Waals surface area contributed by atoms with Crippen molar-refractivity contribution in [2.45, 2.75) is 38.6 Å². The van der Waals surface area contributed by atoms with Gasteiger partial charge in [0.1, 0.15) is 0 Å². The van der Waals surface area contributed by atoms with Crippen molar-refractivity contribution < 1.29 is 0 Å². The lowest BCUT2D eigenvalue weighted by Crippen LogP contribution is -2.23. The monoisotopic (exact) mass is 298 g/mol. The molecule has 0 atom stereocenters. The van der Waals surface area contributed by atoms with E-state index in [1.165, 1.54) is 32.1 Å². The summed E-state index contributed by atoms with van der Waals surface area (Å²) in [7, 11) is 0. The largest absolute Gasteiger partial charge is 0.328 e. The molecule has 3 heterocycles. The minimum atomic E-state index is -0.120. The first kappa shape index (κ1) is 13.2. The van der Waals surface area contributed by atoms with Crippen LogP contribution in [0.4, 0.5) is 0 Å². The standard InChI is InChI=1S/C15H18N6O/c22-15-20-13-14(21(15)9-10-4-2-1-3-5-10)19-12(8-16-13)11-6-17-18-7-11/h6-8,10H,1-5,9H2,(H,17,18)(H,16,20,22). The van der Waals surface area contributed by atoms with Crippen LogP contribution in [0.5, 0.6) is 0 Å². The van der Waals surface area contributed by atoms with Gasteiger partial charge in [-0.1, -0.05) is 19.3 Å². The van der Waals surface area contributed by atoms with Crippen LogP contribution in [0, 0.1) is 5.92 Å². The van der Waals surface area contributed by atoms with Crippen LogP contribution < -0.4 is 5.69 Å². The second-order valence-electron chi connectivity index (χ2n) is 5.96. The van der Waals surface area contributed by atoms with Crippen molar-refractivity contribution in [3.63, 3.8) is 0 Å². The summed E-state index contributed by atoms with van der Waals surface area (Å²) in [6, 6.07) is 0. The second-order valence-corrected chi connectivity index (χ2v) is 5.96. The van der Waals surface area contributed by atoms with E-state index in [0.29, 0.717) is 17.2 Å². The summed E-state index contributed by atoms with van der Waals surface area (Å²) >= 11 is 0. The fourth-order valence-electron chi connectivity index (χ4n) is 3.25. The fraction of sp³-hybridized carbons (Fsp3) is 0.467. The quantitative estimate of drug-likeness (QED) is 0.774. The van der Waals surface area contributed by atoms with Gasteiger partial charge in [-0.05, 0) is 18.8 Å². The van der Waals surface area contributed by atoms with Crippen molar-refractivity contribution in [2.24, 2.45) is 5.92 Å². The van der Waals surface area contributed by atoms with Crippen molar-refractivity contribution in [2.75, 3.05) is 0 Å². The van der Waals surface area contributed by atoms with Crippen LogP contribution in [0.2, 0.25) is 0 Å². The lowest BCUT2D eigenvalue weighted by Gasteiger charge is -2.21. The Hall–Kier alpha value is -2.44. The van der Waals surface area contributed by atoms with E-state index in [-0.39, 0.29) is 5.69 Å². The summed E-state index contributed by atoms with van der Waals surface area (Å²) < 4.78 is 1.74. The molecule has 0 aliphatic heterocycles. The maximum atomic E-state index is 12.2. The van der Waals surface area contributed by atoms with Crippen molar-refractivity contribution in [3.05, 3.63) is 29.1 Å². The van der Waals surface area contributed by atoms with Crippen LogP contribution in [-0.4, -0.2) is 29.7 Å². The molecule has 1 fully saturated rings. The molecule has 0 radical (unpaired) electrons. The topological polar surface area (TPSA) is 92.2 Å². The number of imidazole rings is 1. The molecule has 7 heteroatoms. The van der Waals surface area contributed by atoms with Gasteiger partial charge in [0.2, 0.25) is 0 Å². The minimum absolute atomic E-state index is 0.120. The van der Waals surface area contributed by atoms with Crippen molar-refractivity contribution in [3.8, 4) is 11.3 Å². The van der Waals surface area contributed by atoms with Gasteiger partial charge in [0.05, 0.1) is 18.1 Å². The first-order valence-electron chi connectivity index (χ1n) is 7.76. The van der Waals surface area contributed by atoms with Crippen molar-refractivity contribution in [1.82, 2.24) is 29.7 Å². The molecule has 1 aliphatic carbocycles. The molecule has 3 aromatic heterocycles. The summed E-state index contributed by atoms with van der Waals surface area (Å²) in [5, 5.41) is 6.70. The van der Waals surface area contributed by atoms with Gasteiger partial charge in [0, 0.05) is 18.3 Å². The van der Waals surface area contributed by atoms with Gasteiger partial charge >= 0.3 is 5.69 Å². The molecular formula is C15H18N6O. The van der Waals surface area contributed by atoms with Gasteiger partial charge in [0.25, 0.3) is 0 Å². The molecule has 2 N–H and O–H groups in total. The highest BCUT2D eigenvalue weighted by Crippen LogP contribution is 2.25. The number of aromatic nitrogens is 6. The van der Waals surface area contributed by atoms with E-state index in [0.717, 1.165) is 17.8 Å². The zero-order chi connectivity index (χ0) is 14.9. The second kappa shape index (κ2) is 5.40. The number of rotatable bonds is 3. The van der Waals surface area contributed by atoms with E-state index in [9.17, 15) is 4.79 Å². The van der Waals surface area contributed by atoms with Gasteiger partial charge < -0.3 is 0 Å². The predicted molar refractivity (Wildman–Crippen MR) is 82.3 cm³/mol. The molecule has 0 saturated heterocycles. The summed E-state index contributed by atoms with van der Waals surface area (Å²) in [5.41, 5.74) is 2.65. The van der Waals surface area contributed by atoms with E-state index < -0.39 is 0 Å². The summed E-state index contributed by atoms with van der Waals surface area (Å²) in [5.74, 6) is 0.560. The Balaban J connectivity index is 1.74. The first-order valence-corrected chi connectivity index (χ1v) is 7.76. The van der Waals surface area contributed by atoms with Gasteiger partial charge in [-0.2, -0.15) is 5.10 Å². The highest BCUT2D eigenvalue weighted by atomic mass is 16.1. The smallest absolute Gasteiger partial charge is 0.289 e. The number of nitrogens with one attached hydrogen (secondary N) is 2. The predicted octanol–water partition coefficient (Wildman–Crippen LogP) is 2.09. The molecule has 1 aliphatic rings. The van der Waals surface area contributed by atoms with Gasteiger partial charge in [0.15, 0.2) is 11.3 Å². The van der Waals surface area contributed by atoms with E-state index in [4.69, 9.17) is 0 Å². The van der Waals surface area contributed by atoms with Crippen LogP contribution in [0.1, 0.15) is 32.1 Å². The van der Waals surface area contributed by atoms with Crippen LogP contribution in [0.25, 0.3) is 22.6 Å². The SMILES string of the molecule is O=c1[nH]c2ncc(-c3cn[nH]c3)nc2n1CC1CCCCC1. The molecule has 3 aromatic rings. The average molecular weight is 298 g/mol. The maximum Gasteiger partial charge on any atom is 0.328 e. The van der Waals surface area contributed by atoms with E-state index in [1.807, 2.05) is 0 Å². The molecular weight excluding hydrogens is 280 g/mol. The lowest BCUT2D eigenvalue weighted by molar-refractivity contribution is 0.319. The summed E-state index contributed by atoms with van der Waals surface area (Å²) in [6.45, 7) is 0.725. The Morgan fingerprint density at radius 3 is 2.86 bits per heavy atom. The summed E-state index contributed by atoms with van der Waals surface area (Å²) in [6.07, 6.45) is 11.3. The lowest BCUT2D eigenvalue weighted by atomic mass is 9.89. The third-order valence-electron chi connectivity index (χ3n) is 4.44. The molecule has 0 aromatic carbocycles. The number of hydrogen-bond donors (Lipinski definition) is 2. The Morgan fingerprint density at radius 1 is 1.23 bits per heavy atom. The fourth-order valence-corrected chi connectivity index (χ4v) is 3.25. The molecule has 1 saturated carbocycles. The molecule has 4 rings (SSSR count). The van der Waals surface area contributed by atoms with Crippen LogP contribution in [-0.2, 0) is 6.54 Å². The van der Waals surface area contributed by atoms with Crippen molar-refractivity contribution in [1.29, 1.82) is 0 Å². The Bertz CT molecular complexity index is 825. The zero-order valence-electron chi connectivity index (χ0n) is 12.2. The molecule has 0 spiro atoms. The van der Waals surface area contributed by atoms with E-state index in [1.54, 1.807) is 23.2 Å². The Morgan fingerprint density at radius 2 is 2.09 bits per heavy atom. The van der Waals surface area contributed by atoms with Gasteiger partial charge in [-0.15, -0.1) is 0 Å². The molecule has 7 nitrogen and oxygen atoms in total. The van der Waals surface area contributed by atoms with Crippen LogP contribution >= 0.6 is 0 Å². The van der Waals surface area contributed by atoms with E-state index in [2.05, 4.69) is 25.1 Å². The first-order chi connectivity index (χ1) is 10.8. The molecule has 0 amide bonds. The zero-order valence-corrected chi connectivity index (χ0v) is 12.2. The molecule has 0 bridgehead atoms. The van der Waals surface area contributed by atoms with Crippen LogP contribution in [0.15, 0.2) is 23.4 Å². The number of aromatic amines is 2.